The van der Waals surface area contributed by atoms with E-state index >= 15 is 0 Å². The topological polar surface area (TPSA) is 125 Å². The first-order chi connectivity index (χ1) is 18.3. The Hall–Kier alpha value is -3.92. The molecule has 0 amide bonds. The standard InChI is InChI=1S/C28H34N4O6/c1-18(8-9-32-24-14-22(36-3)6-7-23(24)31-17-27(32)33)4-5-20(12-19(2)28(34)35)29-15-21-13-25-26(16-30-21)38-11-10-37-25/h6-7,13-14,16-17,19-20,29H,1,4-5,8-12,15H2,2-3H3,(H,34,35). The Morgan fingerprint density at radius 3 is 2.74 bits per heavy atom. The number of hydrogen-bond acceptors (Lipinski definition) is 8. The van der Waals surface area contributed by atoms with Crippen LogP contribution >= 0.6 is 0 Å². The third kappa shape index (κ3) is 6.89. The molecule has 0 saturated heterocycles. The fourth-order valence-electron chi connectivity index (χ4n) is 4.44. The molecule has 2 atom stereocenters. The number of ether oxygens (including phenoxy) is 3. The van der Waals surface area contributed by atoms with Gasteiger partial charge in [0.1, 0.15) is 19.0 Å². The molecule has 0 bridgehead atoms. The molecular formula is C28H34N4O6. The molecule has 10 nitrogen and oxygen atoms in total. The second-order valence-electron chi connectivity index (χ2n) is 9.51. The zero-order valence-electron chi connectivity index (χ0n) is 21.8. The highest BCUT2D eigenvalue weighted by molar-refractivity contribution is 5.76. The van der Waals surface area contributed by atoms with Crippen LogP contribution in [0.2, 0.25) is 0 Å². The number of aliphatic carboxylic acids is 1. The highest BCUT2D eigenvalue weighted by Crippen LogP contribution is 2.29. The van der Waals surface area contributed by atoms with Gasteiger partial charge >= 0.3 is 5.97 Å². The average molecular weight is 523 g/mol. The van der Waals surface area contributed by atoms with Crippen molar-refractivity contribution >= 4 is 17.0 Å². The monoisotopic (exact) mass is 522 g/mol. The first kappa shape index (κ1) is 27.1. The molecular weight excluding hydrogens is 488 g/mol. The SMILES string of the molecule is C=C(CCC(CC(C)C(=O)O)NCc1cc2c(cn1)OCCO2)CCn1c(=O)cnc2ccc(OC)cc21. The summed E-state index contributed by atoms with van der Waals surface area (Å²) in [5.74, 6) is 0.639. The summed E-state index contributed by atoms with van der Waals surface area (Å²) in [5, 5.41) is 12.9. The van der Waals surface area contributed by atoms with Gasteiger partial charge in [0.2, 0.25) is 0 Å². The number of carbonyl (C=O) groups is 1. The van der Waals surface area contributed by atoms with Crippen molar-refractivity contribution in [2.24, 2.45) is 5.92 Å². The fourth-order valence-corrected chi connectivity index (χ4v) is 4.44. The number of pyridine rings is 1. The van der Waals surface area contributed by atoms with E-state index in [1.807, 2.05) is 24.3 Å². The third-order valence-corrected chi connectivity index (χ3v) is 6.71. The van der Waals surface area contributed by atoms with E-state index in [2.05, 4.69) is 21.9 Å². The molecule has 1 aliphatic rings. The van der Waals surface area contributed by atoms with Gasteiger partial charge in [0, 0.05) is 31.3 Å². The van der Waals surface area contributed by atoms with Crippen LogP contribution in [-0.2, 0) is 17.9 Å². The minimum atomic E-state index is -0.826. The van der Waals surface area contributed by atoms with Gasteiger partial charge in [-0.3, -0.25) is 14.6 Å². The van der Waals surface area contributed by atoms with Crippen LogP contribution in [-0.4, -0.2) is 52.0 Å². The van der Waals surface area contributed by atoms with Crippen LogP contribution in [0.3, 0.4) is 0 Å². The maximum absolute atomic E-state index is 12.5. The summed E-state index contributed by atoms with van der Waals surface area (Å²) in [6, 6.07) is 7.25. The molecule has 3 aromatic rings. The fraction of sp³-hybridized carbons (Fsp3) is 0.429. The van der Waals surface area contributed by atoms with Gasteiger partial charge < -0.3 is 29.2 Å². The van der Waals surface area contributed by atoms with E-state index in [0.717, 1.165) is 16.8 Å². The molecule has 0 fully saturated rings. The van der Waals surface area contributed by atoms with Gasteiger partial charge in [-0.1, -0.05) is 19.1 Å². The first-order valence-electron chi connectivity index (χ1n) is 12.7. The Morgan fingerprint density at radius 1 is 1.18 bits per heavy atom. The Bertz CT molecular complexity index is 1350. The molecule has 38 heavy (non-hydrogen) atoms. The van der Waals surface area contributed by atoms with E-state index in [4.69, 9.17) is 14.2 Å². The van der Waals surface area contributed by atoms with Gasteiger partial charge in [-0.05, 0) is 37.8 Å². The largest absolute Gasteiger partial charge is 0.497 e. The van der Waals surface area contributed by atoms with Crippen molar-refractivity contribution in [2.45, 2.75) is 51.7 Å². The number of carboxylic acids is 1. The Kier molecular flexibility index (Phi) is 8.96. The van der Waals surface area contributed by atoms with Crippen LogP contribution < -0.4 is 25.1 Å². The Morgan fingerprint density at radius 2 is 1.97 bits per heavy atom. The zero-order valence-corrected chi connectivity index (χ0v) is 21.8. The molecule has 1 aliphatic heterocycles. The summed E-state index contributed by atoms with van der Waals surface area (Å²) in [7, 11) is 1.58. The van der Waals surface area contributed by atoms with Crippen molar-refractivity contribution in [1.82, 2.24) is 19.9 Å². The number of hydrogen-bond donors (Lipinski definition) is 2. The molecule has 0 saturated carbocycles. The number of aromatic nitrogens is 3. The number of aryl methyl sites for hydroxylation is 1. The maximum Gasteiger partial charge on any atom is 0.306 e. The van der Waals surface area contributed by atoms with Crippen LogP contribution in [0.4, 0.5) is 0 Å². The molecule has 0 spiro atoms. The normalized spacial score (nSPS) is 14.2. The lowest BCUT2D eigenvalue weighted by atomic mass is 9.95. The van der Waals surface area contributed by atoms with Gasteiger partial charge in [0.05, 0.1) is 42.1 Å². The number of rotatable bonds is 13. The summed E-state index contributed by atoms with van der Waals surface area (Å²) in [6.45, 7) is 7.88. The third-order valence-electron chi connectivity index (χ3n) is 6.71. The molecule has 2 aromatic heterocycles. The Labute approximate surface area is 221 Å². The zero-order chi connectivity index (χ0) is 27.1. The van der Waals surface area contributed by atoms with Crippen LogP contribution in [0.25, 0.3) is 11.0 Å². The van der Waals surface area contributed by atoms with Crippen molar-refractivity contribution in [3.8, 4) is 17.2 Å². The number of nitrogens with zero attached hydrogens (tertiary/aromatic N) is 3. The number of benzene rings is 1. The van der Waals surface area contributed by atoms with Crippen LogP contribution in [0.1, 0.15) is 38.3 Å². The molecule has 2 N–H and O–H groups in total. The smallest absolute Gasteiger partial charge is 0.306 e. The van der Waals surface area contributed by atoms with E-state index in [1.54, 1.807) is 24.8 Å². The molecule has 0 aliphatic carbocycles. The molecule has 202 valence electrons. The molecule has 1 aromatic carbocycles. The van der Waals surface area contributed by atoms with Gasteiger partial charge in [0.15, 0.2) is 11.5 Å². The Balaban J connectivity index is 1.37. The van der Waals surface area contributed by atoms with Crippen LogP contribution in [0.15, 0.2) is 53.6 Å². The highest BCUT2D eigenvalue weighted by Gasteiger charge is 2.19. The van der Waals surface area contributed by atoms with Crippen molar-refractivity contribution in [3.63, 3.8) is 0 Å². The van der Waals surface area contributed by atoms with E-state index in [-0.39, 0.29) is 11.6 Å². The van der Waals surface area contributed by atoms with Gasteiger partial charge in [-0.15, -0.1) is 0 Å². The van der Waals surface area contributed by atoms with Crippen molar-refractivity contribution in [1.29, 1.82) is 0 Å². The number of allylic oxidation sites excluding steroid dienone is 1. The van der Waals surface area contributed by atoms with E-state index < -0.39 is 11.9 Å². The minimum absolute atomic E-state index is 0.0541. The van der Waals surface area contributed by atoms with Gasteiger partial charge in [-0.2, -0.15) is 0 Å². The lowest BCUT2D eigenvalue weighted by Gasteiger charge is -2.22. The van der Waals surface area contributed by atoms with Crippen LogP contribution in [0, 0.1) is 5.92 Å². The van der Waals surface area contributed by atoms with Crippen LogP contribution in [0.5, 0.6) is 17.2 Å². The summed E-state index contributed by atoms with van der Waals surface area (Å²) in [4.78, 5) is 32.7. The number of nitrogens with one attached hydrogen (secondary N) is 1. The van der Waals surface area contributed by atoms with Crippen molar-refractivity contribution in [2.75, 3.05) is 20.3 Å². The molecule has 2 unspecified atom stereocenters. The number of methoxy groups -OCH3 is 1. The predicted molar refractivity (Wildman–Crippen MR) is 143 cm³/mol. The summed E-state index contributed by atoms with van der Waals surface area (Å²) in [5.41, 5.74) is 3.03. The molecule has 0 radical (unpaired) electrons. The molecule has 10 heteroatoms. The van der Waals surface area contributed by atoms with Crippen molar-refractivity contribution in [3.05, 3.63) is 64.9 Å². The quantitative estimate of drug-likeness (QED) is 0.324. The molecule has 4 rings (SSSR count). The van der Waals surface area contributed by atoms with Gasteiger partial charge in [-0.25, -0.2) is 4.98 Å². The number of fused-ring (bicyclic) bond motifs is 2. The average Bonchev–Trinajstić information content (AvgIpc) is 2.93. The van der Waals surface area contributed by atoms with E-state index in [1.165, 1.54) is 6.20 Å². The van der Waals surface area contributed by atoms with E-state index in [9.17, 15) is 14.7 Å². The summed E-state index contributed by atoms with van der Waals surface area (Å²) < 4.78 is 18.2. The van der Waals surface area contributed by atoms with Gasteiger partial charge in [0.25, 0.3) is 5.56 Å². The molecule has 3 heterocycles. The lowest BCUT2D eigenvalue weighted by Crippen LogP contribution is -2.32. The van der Waals surface area contributed by atoms with Crippen molar-refractivity contribution < 1.29 is 24.1 Å². The summed E-state index contributed by atoms with van der Waals surface area (Å²) in [6.07, 6.45) is 5.47. The number of carboxylic acid groups (broad SMARTS) is 1. The maximum atomic E-state index is 12.5. The minimum Gasteiger partial charge on any atom is -0.497 e. The summed E-state index contributed by atoms with van der Waals surface area (Å²) >= 11 is 0. The highest BCUT2D eigenvalue weighted by atomic mass is 16.6. The predicted octanol–water partition coefficient (Wildman–Crippen LogP) is 3.57. The van der Waals surface area contributed by atoms with E-state index in [0.29, 0.717) is 74.8 Å². The second-order valence-corrected chi connectivity index (χ2v) is 9.51. The first-order valence-corrected chi connectivity index (χ1v) is 12.7. The lowest BCUT2D eigenvalue weighted by molar-refractivity contribution is -0.141. The second kappa shape index (κ2) is 12.6.